The number of pyridine rings is 1. The Labute approximate surface area is 101 Å². The second kappa shape index (κ2) is 5.14. The van der Waals surface area contributed by atoms with Gasteiger partial charge < -0.3 is 11.1 Å². The summed E-state index contributed by atoms with van der Waals surface area (Å²) in [6, 6.07) is 5.55. The Kier molecular flexibility index (Phi) is 3.58. The first-order chi connectivity index (χ1) is 8.20. The zero-order chi connectivity index (χ0) is 12.3. The van der Waals surface area contributed by atoms with Gasteiger partial charge in [0.1, 0.15) is 5.82 Å². The molecule has 17 heavy (non-hydrogen) atoms. The number of aromatic nitrogens is 1. The van der Waals surface area contributed by atoms with Gasteiger partial charge in [-0.15, -0.1) is 0 Å². The van der Waals surface area contributed by atoms with Crippen molar-refractivity contribution in [1.29, 1.82) is 0 Å². The molecule has 2 rings (SSSR count). The highest BCUT2D eigenvalue weighted by atomic mass is 16.2. The molecule has 1 atom stereocenters. The van der Waals surface area contributed by atoms with E-state index < -0.39 is 0 Å². The quantitative estimate of drug-likeness (QED) is 0.793. The van der Waals surface area contributed by atoms with Crippen LogP contribution in [0, 0.1) is 0 Å². The number of carbonyl (C=O) groups is 1. The van der Waals surface area contributed by atoms with Gasteiger partial charge in [-0.05, 0) is 18.6 Å². The highest BCUT2D eigenvalue weighted by molar-refractivity contribution is 5.82. The number of nitrogen functional groups attached to an aromatic ring is 1. The van der Waals surface area contributed by atoms with Crippen LogP contribution in [0.4, 0.5) is 5.82 Å². The van der Waals surface area contributed by atoms with Gasteiger partial charge in [-0.25, -0.2) is 4.98 Å². The summed E-state index contributed by atoms with van der Waals surface area (Å²) in [4.78, 5) is 18.1. The van der Waals surface area contributed by atoms with Crippen LogP contribution in [-0.2, 0) is 11.3 Å². The highest BCUT2D eigenvalue weighted by Gasteiger charge is 2.27. The molecule has 1 aromatic rings. The lowest BCUT2D eigenvalue weighted by atomic mass is 10.1. The summed E-state index contributed by atoms with van der Waals surface area (Å²) in [5, 5.41) is 2.88. The number of amides is 1. The summed E-state index contributed by atoms with van der Waals surface area (Å²) >= 11 is 0. The summed E-state index contributed by atoms with van der Waals surface area (Å²) < 4.78 is 0. The summed E-state index contributed by atoms with van der Waals surface area (Å²) in [7, 11) is 0. The zero-order valence-electron chi connectivity index (χ0n) is 10.0. The van der Waals surface area contributed by atoms with Gasteiger partial charge in [-0.2, -0.15) is 0 Å². The molecular weight excluding hydrogens is 216 g/mol. The SMILES string of the molecule is CCC1C(=O)NCCN1Cc1cccc(N)n1. The van der Waals surface area contributed by atoms with E-state index in [1.165, 1.54) is 0 Å². The minimum Gasteiger partial charge on any atom is -0.384 e. The van der Waals surface area contributed by atoms with Crippen LogP contribution in [0.25, 0.3) is 0 Å². The third-order valence-electron chi connectivity index (χ3n) is 3.02. The van der Waals surface area contributed by atoms with Gasteiger partial charge >= 0.3 is 0 Å². The molecule has 1 aliphatic rings. The van der Waals surface area contributed by atoms with Gasteiger partial charge in [-0.1, -0.05) is 13.0 Å². The molecule has 1 fully saturated rings. The highest BCUT2D eigenvalue weighted by Crippen LogP contribution is 2.12. The van der Waals surface area contributed by atoms with Gasteiger partial charge in [0, 0.05) is 19.6 Å². The number of carbonyl (C=O) groups excluding carboxylic acids is 1. The maximum Gasteiger partial charge on any atom is 0.237 e. The first kappa shape index (κ1) is 11.9. The van der Waals surface area contributed by atoms with E-state index >= 15 is 0 Å². The van der Waals surface area contributed by atoms with Gasteiger partial charge in [0.2, 0.25) is 5.91 Å². The number of hydrogen-bond donors (Lipinski definition) is 2. The molecule has 1 amide bonds. The molecular formula is C12H18N4O. The first-order valence-electron chi connectivity index (χ1n) is 5.94. The molecule has 3 N–H and O–H groups in total. The summed E-state index contributed by atoms with van der Waals surface area (Å²) in [5.74, 6) is 0.639. The second-order valence-corrected chi connectivity index (χ2v) is 4.24. The zero-order valence-corrected chi connectivity index (χ0v) is 10.0. The second-order valence-electron chi connectivity index (χ2n) is 4.24. The maximum absolute atomic E-state index is 11.7. The molecule has 5 heteroatoms. The van der Waals surface area contributed by atoms with Crippen LogP contribution in [0.1, 0.15) is 19.0 Å². The molecule has 0 aromatic carbocycles. The topological polar surface area (TPSA) is 71.2 Å². The summed E-state index contributed by atoms with van der Waals surface area (Å²) in [6.45, 7) is 4.27. The number of nitrogens with two attached hydrogens (primary N) is 1. The van der Waals surface area contributed by atoms with Gasteiger partial charge in [0.05, 0.1) is 11.7 Å². The Morgan fingerprint density at radius 3 is 3.12 bits per heavy atom. The lowest BCUT2D eigenvalue weighted by Gasteiger charge is -2.34. The Morgan fingerprint density at radius 1 is 1.59 bits per heavy atom. The van der Waals surface area contributed by atoms with Crippen LogP contribution >= 0.6 is 0 Å². The van der Waals surface area contributed by atoms with E-state index in [4.69, 9.17) is 5.73 Å². The Bertz CT molecular complexity index is 407. The minimum atomic E-state index is -0.0491. The average molecular weight is 234 g/mol. The lowest BCUT2D eigenvalue weighted by molar-refractivity contribution is -0.129. The van der Waals surface area contributed by atoms with Crippen LogP contribution in [0.3, 0.4) is 0 Å². The van der Waals surface area contributed by atoms with Crippen molar-refractivity contribution in [3.8, 4) is 0 Å². The van der Waals surface area contributed by atoms with Crippen molar-refractivity contribution in [2.75, 3.05) is 18.8 Å². The fraction of sp³-hybridized carbons (Fsp3) is 0.500. The van der Waals surface area contributed by atoms with E-state index in [9.17, 15) is 4.79 Å². The fourth-order valence-electron chi connectivity index (χ4n) is 2.19. The third kappa shape index (κ3) is 2.74. The number of anilines is 1. The Balaban J connectivity index is 2.09. The minimum absolute atomic E-state index is 0.0491. The van der Waals surface area contributed by atoms with E-state index in [0.29, 0.717) is 18.9 Å². The van der Waals surface area contributed by atoms with Gasteiger partial charge in [0.15, 0.2) is 0 Å². The van der Waals surface area contributed by atoms with Crippen molar-refractivity contribution in [3.63, 3.8) is 0 Å². The molecule has 1 aliphatic heterocycles. The first-order valence-corrected chi connectivity index (χ1v) is 5.94. The standard InChI is InChI=1S/C12H18N4O/c1-2-10-12(17)14-6-7-16(10)8-9-4-3-5-11(13)15-9/h3-5,10H,2,6-8H2,1H3,(H2,13,15)(H,14,17). The number of nitrogens with one attached hydrogen (secondary N) is 1. The summed E-state index contributed by atoms with van der Waals surface area (Å²) in [6.07, 6.45) is 0.814. The molecule has 0 aliphatic carbocycles. The van der Waals surface area contributed by atoms with Crippen LogP contribution in [-0.4, -0.2) is 34.9 Å². The van der Waals surface area contributed by atoms with Crippen molar-refractivity contribution in [2.45, 2.75) is 25.9 Å². The summed E-state index contributed by atoms with van der Waals surface area (Å²) in [5.41, 5.74) is 6.56. The predicted molar refractivity (Wildman–Crippen MR) is 66.1 cm³/mol. The van der Waals surface area contributed by atoms with Crippen molar-refractivity contribution in [3.05, 3.63) is 23.9 Å². The van der Waals surface area contributed by atoms with E-state index in [1.54, 1.807) is 6.07 Å². The van der Waals surface area contributed by atoms with Gasteiger partial charge in [-0.3, -0.25) is 9.69 Å². The smallest absolute Gasteiger partial charge is 0.237 e. The predicted octanol–water partition coefficient (Wildman–Crippen LogP) is 0.374. The number of hydrogen-bond acceptors (Lipinski definition) is 4. The number of rotatable bonds is 3. The van der Waals surface area contributed by atoms with Crippen molar-refractivity contribution < 1.29 is 4.79 Å². The fourth-order valence-corrected chi connectivity index (χ4v) is 2.19. The number of piperazine rings is 1. The molecule has 1 unspecified atom stereocenters. The molecule has 1 saturated heterocycles. The van der Waals surface area contributed by atoms with E-state index in [0.717, 1.165) is 18.7 Å². The van der Waals surface area contributed by atoms with Crippen LogP contribution in [0.5, 0.6) is 0 Å². The average Bonchev–Trinajstić information content (AvgIpc) is 2.29. The van der Waals surface area contributed by atoms with E-state index in [1.807, 2.05) is 19.1 Å². The molecule has 5 nitrogen and oxygen atoms in total. The van der Waals surface area contributed by atoms with Crippen molar-refractivity contribution in [1.82, 2.24) is 15.2 Å². The lowest BCUT2D eigenvalue weighted by Crippen LogP contribution is -2.54. The molecule has 0 spiro atoms. The van der Waals surface area contributed by atoms with Gasteiger partial charge in [0.25, 0.3) is 0 Å². The van der Waals surface area contributed by atoms with Crippen LogP contribution in [0.2, 0.25) is 0 Å². The molecule has 0 radical (unpaired) electrons. The molecule has 2 heterocycles. The molecule has 1 aromatic heterocycles. The van der Waals surface area contributed by atoms with Crippen molar-refractivity contribution in [2.24, 2.45) is 0 Å². The molecule has 92 valence electrons. The van der Waals surface area contributed by atoms with E-state index in [2.05, 4.69) is 15.2 Å². The largest absolute Gasteiger partial charge is 0.384 e. The monoisotopic (exact) mass is 234 g/mol. The van der Waals surface area contributed by atoms with Crippen LogP contribution < -0.4 is 11.1 Å². The van der Waals surface area contributed by atoms with E-state index in [-0.39, 0.29) is 11.9 Å². The normalized spacial score (nSPS) is 21.2. The third-order valence-corrected chi connectivity index (χ3v) is 3.02. The Hall–Kier alpha value is -1.62. The molecule has 0 bridgehead atoms. The maximum atomic E-state index is 11.7. The molecule has 0 saturated carbocycles. The van der Waals surface area contributed by atoms with Crippen LogP contribution in [0.15, 0.2) is 18.2 Å². The van der Waals surface area contributed by atoms with Crippen molar-refractivity contribution >= 4 is 11.7 Å². The number of nitrogens with zero attached hydrogens (tertiary/aromatic N) is 2. The Morgan fingerprint density at radius 2 is 2.41 bits per heavy atom.